The molecule has 0 bridgehead atoms. The molecule has 1 rings (SSSR count). The van der Waals surface area contributed by atoms with Crippen molar-refractivity contribution in [2.24, 2.45) is 0 Å². The number of hydrogen-bond acceptors (Lipinski definition) is 4. The molecule has 1 heterocycles. The molecule has 1 aliphatic heterocycles. The molecule has 3 N–H and O–H groups in total. The van der Waals surface area contributed by atoms with Crippen LogP contribution in [0.2, 0.25) is 0 Å². The molecule has 0 spiro atoms. The van der Waals surface area contributed by atoms with E-state index in [0.717, 1.165) is 38.6 Å². The summed E-state index contributed by atoms with van der Waals surface area (Å²) in [5.74, 6) is -1.46. The van der Waals surface area contributed by atoms with E-state index in [9.17, 15) is 14.7 Å². The molecule has 1 fully saturated rings. The molecular formula is C26H51NO5. The van der Waals surface area contributed by atoms with Crippen LogP contribution in [0.4, 0.5) is 0 Å². The van der Waals surface area contributed by atoms with E-state index >= 15 is 0 Å². The Morgan fingerprint density at radius 1 is 0.719 bits per heavy atom. The molecule has 1 saturated heterocycles. The van der Waals surface area contributed by atoms with Gasteiger partial charge in [-0.25, -0.2) is 0 Å². The summed E-state index contributed by atoms with van der Waals surface area (Å²) in [5, 5.41) is 26.8. The van der Waals surface area contributed by atoms with Gasteiger partial charge in [-0.3, -0.25) is 14.5 Å². The van der Waals surface area contributed by atoms with Crippen molar-refractivity contribution in [2.45, 2.75) is 142 Å². The van der Waals surface area contributed by atoms with E-state index in [4.69, 9.17) is 10.2 Å². The topological polar surface area (TPSA) is 98.1 Å². The Labute approximate surface area is 196 Å². The molecule has 0 aromatic heterocycles. The first kappa shape index (κ1) is 30.9. The van der Waals surface area contributed by atoms with E-state index in [1.807, 2.05) is 4.90 Å². The molecule has 0 aromatic rings. The number of aliphatic carboxylic acids is 2. The summed E-state index contributed by atoms with van der Waals surface area (Å²) in [4.78, 5) is 23.0. The zero-order valence-electron chi connectivity index (χ0n) is 20.9. The molecule has 2 atom stereocenters. The fourth-order valence-corrected chi connectivity index (χ4v) is 4.24. The van der Waals surface area contributed by atoms with Crippen LogP contribution in [0.15, 0.2) is 0 Å². The molecular weight excluding hydrogens is 406 g/mol. The van der Waals surface area contributed by atoms with E-state index in [-0.39, 0.29) is 0 Å². The first-order valence-corrected chi connectivity index (χ1v) is 13.3. The summed E-state index contributed by atoms with van der Waals surface area (Å²) in [6.45, 7) is 5.69. The maximum Gasteiger partial charge on any atom is 0.321 e. The van der Waals surface area contributed by atoms with Gasteiger partial charge < -0.3 is 15.3 Å². The first-order valence-electron chi connectivity index (χ1n) is 13.3. The van der Waals surface area contributed by atoms with Gasteiger partial charge in [-0.05, 0) is 19.4 Å². The second-order valence-electron chi connectivity index (χ2n) is 9.33. The van der Waals surface area contributed by atoms with E-state index in [1.165, 1.54) is 70.6 Å². The quantitative estimate of drug-likeness (QED) is 0.198. The average Bonchev–Trinajstić information content (AvgIpc) is 3.13. The summed E-state index contributed by atoms with van der Waals surface area (Å²) < 4.78 is 0. The Balaban J connectivity index is 0.000000618. The van der Waals surface area contributed by atoms with Gasteiger partial charge in [-0.2, -0.15) is 0 Å². The minimum Gasteiger partial charge on any atom is -0.481 e. The van der Waals surface area contributed by atoms with Crippen molar-refractivity contribution in [3.63, 3.8) is 0 Å². The van der Waals surface area contributed by atoms with E-state index in [1.54, 1.807) is 0 Å². The van der Waals surface area contributed by atoms with Crippen LogP contribution >= 0.6 is 0 Å². The Bertz CT molecular complexity index is 457. The van der Waals surface area contributed by atoms with Crippen LogP contribution in [0.3, 0.4) is 0 Å². The van der Waals surface area contributed by atoms with Crippen molar-refractivity contribution in [3.05, 3.63) is 0 Å². The number of hydrogen-bond donors (Lipinski definition) is 3. The third-order valence-electron chi connectivity index (χ3n) is 6.21. The maximum atomic E-state index is 10.8. The Kier molecular flexibility index (Phi) is 20.9. The number of unbranched alkanes of at least 4 members (excludes halogenated alkanes) is 14. The van der Waals surface area contributed by atoms with Gasteiger partial charge >= 0.3 is 11.9 Å². The zero-order chi connectivity index (χ0) is 24.0. The van der Waals surface area contributed by atoms with Crippen LogP contribution < -0.4 is 0 Å². The Hall–Kier alpha value is -1.14. The Morgan fingerprint density at radius 2 is 1.16 bits per heavy atom. The molecule has 0 aromatic carbocycles. The van der Waals surface area contributed by atoms with Crippen molar-refractivity contribution < 1.29 is 24.9 Å². The third kappa shape index (κ3) is 18.4. The minimum atomic E-state index is -0.807. The standard InChI is InChI=1S/C16H32O2.C10H19NO3/c1-2-3-4-5-6-7-8-9-10-11-12-13-14-15-16(17)18;1-2-3-4-5-11-7-8(12)6-9(11)10(13)14/h2-15H2,1H3,(H,17,18);8-9,12H,2-7H2,1H3,(H,13,14)/t;8-,9+/m.1/s1. The van der Waals surface area contributed by atoms with Crippen molar-refractivity contribution in [1.82, 2.24) is 4.90 Å². The SMILES string of the molecule is CCCCCCCCCCCCCCCC(=O)O.CCCCCN1C[C@H](O)C[C@H]1C(=O)O. The summed E-state index contributed by atoms with van der Waals surface area (Å²) in [7, 11) is 0. The number of nitrogens with zero attached hydrogens (tertiary/aromatic N) is 1. The van der Waals surface area contributed by atoms with Crippen molar-refractivity contribution in [3.8, 4) is 0 Å². The monoisotopic (exact) mass is 457 g/mol. The highest BCUT2D eigenvalue weighted by molar-refractivity contribution is 5.74. The van der Waals surface area contributed by atoms with Crippen LogP contribution in [-0.4, -0.2) is 57.4 Å². The summed E-state index contributed by atoms with van der Waals surface area (Å²) >= 11 is 0. The van der Waals surface area contributed by atoms with Gasteiger partial charge in [0.2, 0.25) is 0 Å². The smallest absolute Gasteiger partial charge is 0.321 e. The molecule has 0 saturated carbocycles. The molecule has 0 radical (unpaired) electrons. The van der Waals surface area contributed by atoms with E-state index in [2.05, 4.69) is 13.8 Å². The van der Waals surface area contributed by atoms with Gasteiger partial charge in [-0.15, -0.1) is 0 Å². The van der Waals surface area contributed by atoms with Gasteiger partial charge in [-0.1, -0.05) is 104 Å². The van der Waals surface area contributed by atoms with Crippen LogP contribution in [0, 0.1) is 0 Å². The normalized spacial score (nSPS) is 18.3. The fraction of sp³-hybridized carbons (Fsp3) is 0.923. The number of aliphatic hydroxyl groups is 1. The highest BCUT2D eigenvalue weighted by atomic mass is 16.4. The summed E-state index contributed by atoms with van der Waals surface area (Å²) in [6, 6.07) is -0.471. The molecule has 0 aliphatic carbocycles. The van der Waals surface area contributed by atoms with Crippen LogP contribution in [0.1, 0.15) is 129 Å². The molecule has 0 amide bonds. The minimum absolute atomic E-state index is 0.345. The van der Waals surface area contributed by atoms with Gasteiger partial charge in [0, 0.05) is 19.4 Å². The number of carbonyl (C=O) groups is 2. The molecule has 1 aliphatic rings. The number of carboxylic acids is 2. The van der Waals surface area contributed by atoms with Gasteiger partial charge in [0.25, 0.3) is 0 Å². The number of carboxylic acid groups (broad SMARTS) is 2. The van der Waals surface area contributed by atoms with Crippen molar-refractivity contribution >= 4 is 11.9 Å². The molecule has 0 unspecified atom stereocenters. The fourth-order valence-electron chi connectivity index (χ4n) is 4.24. The van der Waals surface area contributed by atoms with Gasteiger partial charge in [0.1, 0.15) is 6.04 Å². The van der Waals surface area contributed by atoms with E-state index in [0.29, 0.717) is 19.4 Å². The second-order valence-corrected chi connectivity index (χ2v) is 9.33. The lowest BCUT2D eigenvalue weighted by atomic mass is 10.0. The first-order chi connectivity index (χ1) is 15.4. The molecule has 6 heteroatoms. The lowest BCUT2D eigenvalue weighted by molar-refractivity contribution is -0.142. The lowest BCUT2D eigenvalue weighted by Crippen LogP contribution is -2.36. The van der Waals surface area contributed by atoms with Crippen molar-refractivity contribution in [1.29, 1.82) is 0 Å². The Morgan fingerprint density at radius 3 is 1.59 bits per heavy atom. The van der Waals surface area contributed by atoms with Crippen LogP contribution in [0.5, 0.6) is 0 Å². The van der Waals surface area contributed by atoms with Crippen LogP contribution in [-0.2, 0) is 9.59 Å². The zero-order valence-corrected chi connectivity index (χ0v) is 20.9. The predicted octanol–water partition coefficient (Wildman–Crippen LogP) is 6.25. The molecule has 32 heavy (non-hydrogen) atoms. The highest BCUT2D eigenvalue weighted by Crippen LogP contribution is 2.18. The molecule has 190 valence electrons. The van der Waals surface area contributed by atoms with Crippen LogP contribution in [0.25, 0.3) is 0 Å². The lowest BCUT2D eigenvalue weighted by Gasteiger charge is -2.20. The largest absolute Gasteiger partial charge is 0.481 e. The summed E-state index contributed by atoms with van der Waals surface area (Å²) in [5.41, 5.74) is 0. The number of likely N-dealkylation sites (tertiary alicyclic amines) is 1. The van der Waals surface area contributed by atoms with Gasteiger partial charge in [0.05, 0.1) is 6.10 Å². The summed E-state index contributed by atoms with van der Waals surface area (Å²) in [6.07, 6.45) is 20.5. The van der Waals surface area contributed by atoms with Crippen molar-refractivity contribution in [2.75, 3.05) is 13.1 Å². The predicted molar refractivity (Wildman–Crippen MR) is 131 cm³/mol. The van der Waals surface area contributed by atoms with Gasteiger partial charge in [0.15, 0.2) is 0 Å². The number of aliphatic hydroxyl groups excluding tert-OH is 1. The number of β-amino-alcohol motifs (C(OH)–C–C–N with tert-alkyl or cyclic N) is 1. The average molecular weight is 458 g/mol. The van der Waals surface area contributed by atoms with E-state index < -0.39 is 24.1 Å². The third-order valence-corrected chi connectivity index (χ3v) is 6.21. The maximum absolute atomic E-state index is 10.8. The second kappa shape index (κ2) is 21.7. The molecule has 6 nitrogen and oxygen atoms in total. The highest BCUT2D eigenvalue weighted by Gasteiger charge is 2.35. The number of rotatable bonds is 19.